The van der Waals surface area contributed by atoms with Gasteiger partial charge in [0.2, 0.25) is 0 Å². The second-order valence-electron chi connectivity index (χ2n) is 6.51. The number of nitrogen functional groups attached to an aromatic ring is 1. The van der Waals surface area contributed by atoms with E-state index in [0.717, 1.165) is 28.7 Å². The molecule has 2 aliphatic heterocycles. The van der Waals surface area contributed by atoms with Crippen LogP contribution in [0.3, 0.4) is 0 Å². The third-order valence-electron chi connectivity index (χ3n) is 4.03. The van der Waals surface area contributed by atoms with E-state index in [9.17, 15) is 4.79 Å². The van der Waals surface area contributed by atoms with Gasteiger partial charge in [-0.15, -0.1) is 0 Å². The molecule has 2 aromatic rings. The fourth-order valence-electron chi connectivity index (χ4n) is 3.01. The van der Waals surface area contributed by atoms with Crippen molar-refractivity contribution in [2.45, 2.75) is 53.5 Å². The molecule has 4 rings (SSSR count). The lowest BCUT2D eigenvalue weighted by atomic mass is 9.94. The van der Waals surface area contributed by atoms with E-state index in [2.05, 4.69) is 10.2 Å². The molecule has 3 heterocycles. The molecule has 0 atom stereocenters. The lowest BCUT2D eigenvalue weighted by Crippen LogP contribution is -2.48. The van der Waals surface area contributed by atoms with E-state index in [4.69, 9.17) is 15.5 Å². The van der Waals surface area contributed by atoms with E-state index in [-0.39, 0.29) is 11.4 Å². The van der Waals surface area contributed by atoms with E-state index in [1.807, 2.05) is 59.7 Å². The first-order valence-electron chi connectivity index (χ1n) is 9.55. The molecule has 1 amide bonds. The fraction of sp³-hybridized carbons (Fsp3) is 0.500. The molecule has 7 heteroatoms. The summed E-state index contributed by atoms with van der Waals surface area (Å²) in [5.74, 6) is 0.754. The lowest BCUT2D eigenvalue weighted by Gasteiger charge is -2.29. The number of hydrogen-bond donors (Lipinski definition) is 2. The van der Waals surface area contributed by atoms with Gasteiger partial charge in [-0.05, 0) is 32.0 Å². The first kappa shape index (κ1) is 21.0. The summed E-state index contributed by atoms with van der Waals surface area (Å²) in [7, 11) is 0. The van der Waals surface area contributed by atoms with Crippen LogP contribution in [-0.4, -0.2) is 29.6 Å². The monoisotopic (exact) mass is 390 g/mol. The second kappa shape index (κ2) is 8.61. The van der Waals surface area contributed by atoms with E-state index >= 15 is 0 Å². The molecule has 0 unspecified atom stereocenters. The second-order valence-corrected chi connectivity index (χ2v) is 7.49. The minimum absolute atomic E-state index is 0.0407. The molecule has 0 saturated carbocycles. The molecule has 6 nitrogen and oxygen atoms in total. The van der Waals surface area contributed by atoms with Gasteiger partial charge in [0.05, 0.1) is 17.9 Å². The molecular formula is C20H30N4O2S. The van der Waals surface area contributed by atoms with Gasteiger partial charge in [0, 0.05) is 17.6 Å². The van der Waals surface area contributed by atoms with Crippen LogP contribution >= 0.6 is 11.3 Å². The van der Waals surface area contributed by atoms with Crippen LogP contribution in [-0.2, 0) is 6.42 Å². The number of benzene rings is 1. The maximum Gasteiger partial charge on any atom is 0.263 e. The number of anilines is 3. The van der Waals surface area contributed by atoms with Crippen molar-refractivity contribution in [3.63, 3.8) is 0 Å². The zero-order chi connectivity index (χ0) is 20.2. The van der Waals surface area contributed by atoms with Crippen LogP contribution in [0.15, 0.2) is 18.2 Å². The summed E-state index contributed by atoms with van der Waals surface area (Å²) in [6.07, 6.45) is 0.735. The Kier molecular flexibility index (Phi) is 6.70. The van der Waals surface area contributed by atoms with E-state index in [1.54, 1.807) is 0 Å². The predicted molar refractivity (Wildman–Crippen MR) is 113 cm³/mol. The average molecular weight is 391 g/mol. The Balaban J connectivity index is 0.000000614. The minimum Gasteiger partial charge on any atom is -0.490 e. The smallest absolute Gasteiger partial charge is 0.263 e. The van der Waals surface area contributed by atoms with Crippen molar-refractivity contribution in [2.75, 3.05) is 23.8 Å². The average Bonchev–Trinajstić information content (AvgIpc) is 3.07. The van der Waals surface area contributed by atoms with Gasteiger partial charge in [0.25, 0.3) is 5.91 Å². The molecule has 0 fully saturated rings. The number of nitrogens with one attached hydrogen (secondary N) is 1. The van der Waals surface area contributed by atoms with E-state index < -0.39 is 0 Å². The molecule has 0 radical (unpaired) electrons. The highest BCUT2D eigenvalue weighted by Crippen LogP contribution is 2.41. The Morgan fingerprint density at radius 1 is 1.26 bits per heavy atom. The summed E-state index contributed by atoms with van der Waals surface area (Å²) < 4.78 is 5.69. The lowest BCUT2D eigenvalue weighted by molar-refractivity contribution is 0.0901. The highest BCUT2D eigenvalue weighted by Gasteiger charge is 2.34. The number of ether oxygens (including phenoxy) is 1. The molecule has 1 aromatic heterocycles. The third-order valence-corrected chi connectivity index (χ3v) is 5.15. The highest BCUT2D eigenvalue weighted by atomic mass is 32.1. The largest absolute Gasteiger partial charge is 0.490 e. The van der Waals surface area contributed by atoms with Crippen molar-refractivity contribution in [3.8, 4) is 5.75 Å². The summed E-state index contributed by atoms with van der Waals surface area (Å²) in [6, 6.07) is 5.59. The summed E-state index contributed by atoms with van der Waals surface area (Å²) >= 11 is 1.43. The van der Waals surface area contributed by atoms with Gasteiger partial charge in [-0.1, -0.05) is 39.0 Å². The zero-order valence-electron chi connectivity index (χ0n) is 17.0. The SMILES string of the molecule is CC.CC.CC1(C)Cc2nc(N3CCOc4ccc(N)cc43)sc2C(=O)N1. The van der Waals surface area contributed by atoms with Crippen LogP contribution in [0, 0.1) is 0 Å². The Morgan fingerprint density at radius 3 is 2.67 bits per heavy atom. The zero-order valence-corrected chi connectivity index (χ0v) is 17.9. The highest BCUT2D eigenvalue weighted by molar-refractivity contribution is 7.17. The summed E-state index contributed by atoms with van der Waals surface area (Å²) in [5.41, 5.74) is 8.11. The Morgan fingerprint density at radius 2 is 1.96 bits per heavy atom. The van der Waals surface area contributed by atoms with Crippen molar-refractivity contribution >= 4 is 33.8 Å². The molecule has 1 aromatic carbocycles. The fourth-order valence-corrected chi connectivity index (χ4v) is 4.03. The first-order valence-corrected chi connectivity index (χ1v) is 10.4. The van der Waals surface area contributed by atoms with Crippen LogP contribution in [0.1, 0.15) is 56.9 Å². The van der Waals surface area contributed by atoms with Crippen LogP contribution in [0.2, 0.25) is 0 Å². The topological polar surface area (TPSA) is 80.5 Å². The van der Waals surface area contributed by atoms with Gasteiger partial charge >= 0.3 is 0 Å². The molecule has 2 aliphatic rings. The van der Waals surface area contributed by atoms with Crippen molar-refractivity contribution in [1.29, 1.82) is 0 Å². The van der Waals surface area contributed by atoms with Gasteiger partial charge in [-0.25, -0.2) is 4.98 Å². The summed E-state index contributed by atoms with van der Waals surface area (Å²) in [6.45, 7) is 13.3. The van der Waals surface area contributed by atoms with Gasteiger partial charge in [0.15, 0.2) is 5.13 Å². The van der Waals surface area contributed by atoms with Gasteiger partial charge in [-0.3, -0.25) is 4.79 Å². The standard InChI is InChI=1S/C16H18N4O2S.2C2H6/c1-16(2)8-10-13(14(21)19-16)23-15(18-10)20-5-6-22-12-4-3-9(17)7-11(12)20;2*1-2/h3-4,7H,5-6,8,17H2,1-2H3,(H,19,21);2*1-2H3. The number of nitrogens with zero attached hydrogens (tertiary/aromatic N) is 2. The Labute approximate surface area is 165 Å². The normalized spacial score (nSPS) is 16.4. The summed E-state index contributed by atoms with van der Waals surface area (Å²) in [5, 5.41) is 3.84. The molecule has 27 heavy (non-hydrogen) atoms. The number of aromatic nitrogens is 1. The Bertz CT molecular complexity index is 801. The van der Waals surface area contributed by atoms with Crippen LogP contribution < -0.4 is 20.7 Å². The number of hydrogen-bond acceptors (Lipinski definition) is 6. The number of rotatable bonds is 1. The molecule has 0 bridgehead atoms. The maximum absolute atomic E-state index is 12.3. The van der Waals surface area contributed by atoms with Crippen molar-refractivity contribution in [2.24, 2.45) is 0 Å². The first-order chi connectivity index (χ1) is 12.9. The summed E-state index contributed by atoms with van der Waals surface area (Å²) in [4.78, 5) is 19.8. The molecule has 148 valence electrons. The van der Waals surface area contributed by atoms with E-state index in [1.165, 1.54) is 11.3 Å². The number of carbonyl (C=O) groups excluding carboxylic acids is 1. The van der Waals surface area contributed by atoms with Gasteiger partial charge < -0.3 is 20.7 Å². The van der Waals surface area contributed by atoms with Crippen molar-refractivity contribution in [1.82, 2.24) is 10.3 Å². The number of amides is 1. The Hall–Kier alpha value is -2.28. The van der Waals surface area contributed by atoms with Gasteiger partial charge in [-0.2, -0.15) is 0 Å². The predicted octanol–water partition coefficient (Wildman–Crippen LogP) is 4.37. The van der Waals surface area contributed by atoms with Crippen LogP contribution in [0.4, 0.5) is 16.5 Å². The quantitative estimate of drug-likeness (QED) is 0.707. The molecular weight excluding hydrogens is 360 g/mol. The van der Waals surface area contributed by atoms with Crippen molar-refractivity contribution < 1.29 is 9.53 Å². The number of carbonyl (C=O) groups is 1. The number of nitrogens with two attached hydrogens (primary N) is 1. The molecule has 0 aliphatic carbocycles. The van der Waals surface area contributed by atoms with Gasteiger partial charge in [0.1, 0.15) is 17.2 Å². The molecule has 0 saturated heterocycles. The molecule has 3 N–H and O–H groups in total. The minimum atomic E-state index is -0.261. The van der Waals surface area contributed by atoms with Crippen LogP contribution in [0.5, 0.6) is 5.75 Å². The maximum atomic E-state index is 12.3. The number of fused-ring (bicyclic) bond motifs is 2. The number of thiazole rings is 1. The molecule has 0 spiro atoms. The van der Waals surface area contributed by atoms with Crippen molar-refractivity contribution in [3.05, 3.63) is 28.8 Å². The third kappa shape index (κ3) is 4.35. The van der Waals surface area contributed by atoms with E-state index in [0.29, 0.717) is 23.7 Å². The van der Waals surface area contributed by atoms with Crippen LogP contribution in [0.25, 0.3) is 0 Å².